The van der Waals surface area contributed by atoms with Crippen molar-refractivity contribution in [3.8, 4) is 0 Å². The summed E-state index contributed by atoms with van der Waals surface area (Å²) in [5.74, 6) is -0.553. The van der Waals surface area contributed by atoms with Gasteiger partial charge in [0.2, 0.25) is 5.91 Å². The van der Waals surface area contributed by atoms with E-state index in [0.717, 1.165) is 12.0 Å². The van der Waals surface area contributed by atoms with Gasteiger partial charge in [-0.3, -0.25) is 4.79 Å². The molecule has 5 heteroatoms. The van der Waals surface area contributed by atoms with Gasteiger partial charge in [0.15, 0.2) is 0 Å². The Kier molecular flexibility index (Phi) is 7.23. The highest BCUT2D eigenvalue weighted by atomic mass is 35.5. The molecule has 0 radical (unpaired) electrons. The smallest absolute Gasteiger partial charge is 0.328 e. The van der Waals surface area contributed by atoms with Crippen LogP contribution in [0, 0.1) is 5.92 Å². The van der Waals surface area contributed by atoms with Crippen molar-refractivity contribution in [3.63, 3.8) is 0 Å². The van der Waals surface area contributed by atoms with Crippen LogP contribution in [-0.4, -0.2) is 25.0 Å². The molecule has 1 aromatic carbocycles. The average molecular weight is 312 g/mol. The average Bonchev–Trinajstić information content (AvgIpc) is 2.50. The Hall–Kier alpha value is -1.55. The molecule has 0 fully saturated rings. The summed E-state index contributed by atoms with van der Waals surface area (Å²) in [5, 5.41) is 3.40. The van der Waals surface area contributed by atoms with Crippen molar-refractivity contribution in [2.45, 2.75) is 39.2 Å². The molecule has 21 heavy (non-hydrogen) atoms. The van der Waals surface area contributed by atoms with Gasteiger partial charge in [0.25, 0.3) is 0 Å². The van der Waals surface area contributed by atoms with Crippen LogP contribution in [0.25, 0.3) is 0 Å². The monoisotopic (exact) mass is 311 g/mol. The molecule has 1 N–H and O–H groups in total. The maximum Gasteiger partial charge on any atom is 0.328 e. The highest BCUT2D eigenvalue weighted by Crippen LogP contribution is 2.16. The second-order valence-electron chi connectivity index (χ2n) is 5.05. The number of hydrogen-bond donors (Lipinski definition) is 1. The van der Waals surface area contributed by atoms with E-state index in [9.17, 15) is 9.59 Å². The number of carbonyl (C=O) groups is 2. The van der Waals surface area contributed by atoms with Crippen LogP contribution in [0.2, 0.25) is 5.02 Å². The van der Waals surface area contributed by atoms with Gasteiger partial charge in [-0.2, -0.15) is 0 Å². The van der Waals surface area contributed by atoms with Gasteiger partial charge < -0.3 is 10.1 Å². The van der Waals surface area contributed by atoms with E-state index in [1.807, 2.05) is 32.0 Å². The second-order valence-corrected chi connectivity index (χ2v) is 5.45. The first kappa shape index (κ1) is 17.5. The fraction of sp³-hybridized carbons (Fsp3) is 0.500. The van der Waals surface area contributed by atoms with Crippen molar-refractivity contribution in [2.75, 3.05) is 7.11 Å². The quantitative estimate of drug-likeness (QED) is 0.788. The van der Waals surface area contributed by atoms with Crippen LogP contribution in [0.1, 0.15) is 32.3 Å². The summed E-state index contributed by atoms with van der Waals surface area (Å²) in [4.78, 5) is 23.7. The van der Waals surface area contributed by atoms with E-state index >= 15 is 0 Å². The highest BCUT2D eigenvalue weighted by molar-refractivity contribution is 6.31. The number of aryl methyl sites for hydroxylation is 1. The zero-order valence-electron chi connectivity index (χ0n) is 12.7. The lowest BCUT2D eigenvalue weighted by atomic mass is 9.99. The molecule has 2 atom stereocenters. The Labute approximate surface area is 130 Å². The Bertz CT molecular complexity index is 490. The number of methoxy groups -OCH3 is 1. The minimum Gasteiger partial charge on any atom is -0.467 e. The third-order valence-corrected chi connectivity index (χ3v) is 3.93. The number of amides is 1. The molecule has 0 saturated heterocycles. The number of benzene rings is 1. The number of halogens is 1. The van der Waals surface area contributed by atoms with Crippen LogP contribution in [0.15, 0.2) is 24.3 Å². The van der Waals surface area contributed by atoms with Gasteiger partial charge in [-0.15, -0.1) is 0 Å². The SMILES string of the molecule is CCC(C)C(NC(=O)CCc1ccccc1Cl)C(=O)OC. The van der Waals surface area contributed by atoms with Gasteiger partial charge in [0.1, 0.15) is 6.04 Å². The number of rotatable bonds is 7. The van der Waals surface area contributed by atoms with Crippen molar-refractivity contribution in [1.82, 2.24) is 5.32 Å². The standard InChI is InChI=1S/C16H22ClNO3/c1-4-11(2)15(16(20)21-3)18-14(19)10-9-12-7-5-6-8-13(12)17/h5-8,11,15H,4,9-10H2,1-3H3,(H,18,19). The molecule has 4 nitrogen and oxygen atoms in total. The lowest BCUT2D eigenvalue weighted by Gasteiger charge is -2.21. The normalized spacial score (nSPS) is 13.3. The minimum atomic E-state index is -0.598. The molecular weight excluding hydrogens is 290 g/mol. The fourth-order valence-corrected chi connectivity index (χ4v) is 2.22. The maximum atomic E-state index is 12.0. The molecule has 1 aromatic rings. The van der Waals surface area contributed by atoms with E-state index in [0.29, 0.717) is 11.4 Å². The molecule has 0 aliphatic heterocycles. The molecule has 2 unspecified atom stereocenters. The maximum absolute atomic E-state index is 12.0. The summed E-state index contributed by atoms with van der Waals surface area (Å²) in [6, 6.07) is 6.82. The molecule has 1 amide bonds. The van der Waals surface area contributed by atoms with Crippen molar-refractivity contribution in [2.24, 2.45) is 5.92 Å². The first-order chi connectivity index (χ1) is 9.99. The molecule has 0 bridgehead atoms. The number of carbonyl (C=O) groups excluding carboxylic acids is 2. The highest BCUT2D eigenvalue weighted by Gasteiger charge is 2.26. The van der Waals surface area contributed by atoms with Crippen LogP contribution in [-0.2, 0) is 20.7 Å². The van der Waals surface area contributed by atoms with E-state index < -0.39 is 12.0 Å². The van der Waals surface area contributed by atoms with Gasteiger partial charge >= 0.3 is 5.97 Å². The molecule has 0 aliphatic carbocycles. The van der Waals surface area contributed by atoms with Crippen LogP contribution < -0.4 is 5.32 Å². The summed E-state index contributed by atoms with van der Waals surface area (Å²) in [6.45, 7) is 3.88. The Morgan fingerprint density at radius 3 is 2.57 bits per heavy atom. The van der Waals surface area contributed by atoms with Gasteiger partial charge in [-0.05, 0) is 24.0 Å². The van der Waals surface area contributed by atoms with Gasteiger partial charge in [-0.25, -0.2) is 4.79 Å². The summed E-state index contributed by atoms with van der Waals surface area (Å²) in [6.07, 6.45) is 1.61. The number of ether oxygens (including phenoxy) is 1. The Morgan fingerprint density at radius 1 is 1.33 bits per heavy atom. The number of nitrogens with one attached hydrogen (secondary N) is 1. The third kappa shape index (κ3) is 5.38. The van der Waals surface area contributed by atoms with Crippen molar-refractivity contribution in [1.29, 1.82) is 0 Å². The van der Waals surface area contributed by atoms with Crippen molar-refractivity contribution in [3.05, 3.63) is 34.9 Å². The molecule has 116 valence electrons. The summed E-state index contributed by atoms with van der Waals surface area (Å²) in [7, 11) is 1.33. The number of esters is 1. The fourth-order valence-electron chi connectivity index (χ4n) is 1.99. The molecular formula is C16H22ClNO3. The van der Waals surface area contributed by atoms with E-state index in [1.54, 1.807) is 6.07 Å². The molecule has 0 heterocycles. The van der Waals surface area contributed by atoms with E-state index in [1.165, 1.54) is 7.11 Å². The largest absolute Gasteiger partial charge is 0.467 e. The predicted octanol–water partition coefficient (Wildman–Crippen LogP) is 2.98. The first-order valence-electron chi connectivity index (χ1n) is 7.10. The first-order valence-corrected chi connectivity index (χ1v) is 7.48. The molecule has 0 aliphatic rings. The number of hydrogen-bond acceptors (Lipinski definition) is 3. The summed E-state index contributed by atoms with van der Waals surface area (Å²) in [5.41, 5.74) is 0.924. The zero-order chi connectivity index (χ0) is 15.8. The van der Waals surface area contributed by atoms with Gasteiger partial charge in [-0.1, -0.05) is 50.1 Å². The molecule has 0 spiro atoms. The van der Waals surface area contributed by atoms with Gasteiger partial charge in [0.05, 0.1) is 7.11 Å². The van der Waals surface area contributed by atoms with Crippen LogP contribution in [0.3, 0.4) is 0 Å². The molecule has 0 aromatic heterocycles. The van der Waals surface area contributed by atoms with Crippen LogP contribution in [0.4, 0.5) is 0 Å². The molecule has 0 saturated carbocycles. The van der Waals surface area contributed by atoms with Crippen LogP contribution in [0.5, 0.6) is 0 Å². The van der Waals surface area contributed by atoms with E-state index in [4.69, 9.17) is 16.3 Å². The lowest BCUT2D eigenvalue weighted by Crippen LogP contribution is -2.45. The minimum absolute atomic E-state index is 0.0294. The lowest BCUT2D eigenvalue weighted by molar-refractivity contribution is -0.146. The zero-order valence-corrected chi connectivity index (χ0v) is 13.4. The topological polar surface area (TPSA) is 55.4 Å². The van der Waals surface area contributed by atoms with Gasteiger partial charge in [0, 0.05) is 11.4 Å². The van der Waals surface area contributed by atoms with Crippen LogP contribution >= 0.6 is 11.6 Å². The molecule has 1 rings (SSSR count). The van der Waals surface area contributed by atoms with Crippen molar-refractivity contribution >= 4 is 23.5 Å². The second kappa shape index (κ2) is 8.67. The summed E-state index contributed by atoms with van der Waals surface area (Å²) < 4.78 is 4.74. The summed E-state index contributed by atoms with van der Waals surface area (Å²) >= 11 is 6.05. The van der Waals surface area contributed by atoms with E-state index in [2.05, 4.69) is 5.32 Å². The Balaban J connectivity index is 2.58. The predicted molar refractivity (Wildman–Crippen MR) is 83.2 cm³/mol. The Morgan fingerprint density at radius 2 is 2.00 bits per heavy atom. The van der Waals surface area contributed by atoms with Crippen molar-refractivity contribution < 1.29 is 14.3 Å². The van der Waals surface area contributed by atoms with E-state index in [-0.39, 0.29) is 18.2 Å². The third-order valence-electron chi connectivity index (χ3n) is 3.56.